The molecule has 0 bridgehead atoms. The van der Waals surface area contributed by atoms with Crippen LogP contribution in [0.25, 0.3) is 0 Å². The standard InChI is InChI=1S/C24H22N2O2/c25-19-8-12-21(13-9-19)27-23-7-4-16-24(17-23,18-5-2-1-3-6-18)28-22-14-10-20(26)11-15-22/h1-16H,17,25-26H2. The maximum absolute atomic E-state index is 6.49. The van der Waals surface area contributed by atoms with E-state index < -0.39 is 5.60 Å². The van der Waals surface area contributed by atoms with Crippen LogP contribution in [0.3, 0.4) is 0 Å². The monoisotopic (exact) mass is 370 g/mol. The summed E-state index contributed by atoms with van der Waals surface area (Å²) in [7, 11) is 0. The molecule has 0 spiro atoms. The van der Waals surface area contributed by atoms with Crippen LogP contribution in [0.15, 0.2) is 103 Å². The van der Waals surface area contributed by atoms with Crippen molar-refractivity contribution < 1.29 is 9.47 Å². The summed E-state index contributed by atoms with van der Waals surface area (Å²) in [6.07, 6.45) is 6.56. The van der Waals surface area contributed by atoms with Gasteiger partial charge in [-0.05, 0) is 66.2 Å². The Morgan fingerprint density at radius 3 is 1.96 bits per heavy atom. The van der Waals surface area contributed by atoms with Crippen molar-refractivity contribution in [2.45, 2.75) is 12.0 Å². The molecule has 0 saturated carbocycles. The maximum atomic E-state index is 6.49. The molecule has 28 heavy (non-hydrogen) atoms. The van der Waals surface area contributed by atoms with Crippen molar-refractivity contribution >= 4 is 11.4 Å². The SMILES string of the molecule is Nc1ccc(OC2=CC=CC(Oc3ccc(N)cc3)(c3ccccc3)C2)cc1. The van der Waals surface area contributed by atoms with E-state index >= 15 is 0 Å². The van der Waals surface area contributed by atoms with E-state index in [1.54, 1.807) is 0 Å². The summed E-state index contributed by atoms with van der Waals surface area (Å²) in [6, 6.07) is 24.9. The minimum Gasteiger partial charge on any atom is -0.478 e. The van der Waals surface area contributed by atoms with Crippen LogP contribution in [0.5, 0.6) is 11.5 Å². The van der Waals surface area contributed by atoms with Gasteiger partial charge in [0, 0.05) is 11.4 Å². The van der Waals surface area contributed by atoms with Gasteiger partial charge >= 0.3 is 0 Å². The smallest absolute Gasteiger partial charge is 0.159 e. The summed E-state index contributed by atoms with van der Waals surface area (Å²) in [6.45, 7) is 0. The molecule has 4 N–H and O–H groups in total. The van der Waals surface area contributed by atoms with Crippen molar-refractivity contribution in [2.24, 2.45) is 0 Å². The van der Waals surface area contributed by atoms with Crippen LogP contribution < -0.4 is 20.9 Å². The average molecular weight is 370 g/mol. The summed E-state index contributed by atoms with van der Waals surface area (Å²) in [4.78, 5) is 0. The molecule has 3 aromatic carbocycles. The average Bonchev–Trinajstić information content (AvgIpc) is 2.72. The van der Waals surface area contributed by atoms with Gasteiger partial charge in [-0.2, -0.15) is 0 Å². The second kappa shape index (κ2) is 7.53. The normalized spacial score (nSPS) is 18.4. The van der Waals surface area contributed by atoms with Crippen LogP contribution in [0.1, 0.15) is 12.0 Å². The van der Waals surface area contributed by atoms with Crippen molar-refractivity contribution in [3.8, 4) is 11.5 Å². The van der Waals surface area contributed by atoms with E-state index in [4.69, 9.17) is 20.9 Å². The second-order valence-electron chi connectivity index (χ2n) is 6.77. The maximum Gasteiger partial charge on any atom is 0.159 e. The van der Waals surface area contributed by atoms with Crippen LogP contribution in [0.2, 0.25) is 0 Å². The third-order valence-electron chi connectivity index (χ3n) is 4.66. The Morgan fingerprint density at radius 1 is 0.714 bits per heavy atom. The highest BCUT2D eigenvalue weighted by Gasteiger charge is 2.35. The first-order chi connectivity index (χ1) is 13.6. The molecule has 140 valence electrons. The number of benzene rings is 3. The van der Waals surface area contributed by atoms with Gasteiger partial charge < -0.3 is 20.9 Å². The van der Waals surface area contributed by atoms with E-state index in [1.165, 1.54) is 0 Å². The molecule has 0 saturated heterocycles. The second-order valence-corrected chi connectivity index (χ2v) is 6.77. The molecule has 0 fully saturated rings. The molecule has 1 atom stereocenters. The predicted molar refractivity (Wildman–Crippen MR) is 113 cm³/mol. The van der Waals surface area contributed by atoms with Gasteiger partial charge in [-0.15, -0.1) is 0 Å². The van der Waals surface area contributed by atoms with Crippen molar-refractivity contribution in [2.75, 3.05) is 11.5 Å². The molecule has 0 aliphatic heterocycles. The van der Waals surface area contributed by atoms with Crippen LogP contribution in [-0.2, 0) is 5.60 Å². The molecule has 1 aliphatic rings. The Balaban J connectivity index is 1.64. The molecule has 1 aliphatic carbocycles. The van der Waals surface area contributed by atoms with Gasteiger partial charge in [0.25, 0.3) is 0 Å². The van der Waals surface area contributed by atoms with Gasteiger partial charge in [-0.1, -0.05) is 36.4 Å². The van der Waals surface area contributed by atoms with Crippen molar-refractivity contribution in [1.82, 2.24) is 0 Å². The van der Waals surface area contributed by atoms with Gasteiger partial charge in [0.2, 0.25) is 0 Å². The first-order valence-corrected chi connectivity index (χ1v) is 9.15. The van der Waals surface area contributed by atoms with Crippen molar-refractivity contribution in [3.05, 3.63) is 108 Å². The molecule has 4 nitrogen and oxygen atoms in total. The number of rotatable bonds is 5. The number of allylic oxidation sites excluding steroid dienone is 2. The van der Waals surface area contributed by atoms with Gasteiger partial charge in [-0.3, -0.25) is 0 Å². The summed E-state index contributed by atoms with van der Waals surface area (Å²) in [5.74, 6) is 2.30. The third kappa shape index (κ3) is 3.86. The Bertz CT molecular complexity index is 993. The molecular weight excluding hydrogens is 348 g/mol. The highest BCUT2D eigenvalue weighted by Crippen LogP contribution is 2.38. The lowest BCUT2D eigenvalue weighted by Crippen LogP contribution is -2.33. The van der Waals surface area contributed by atoms with Crippen LogP contribution in [0, 0.1) is 0 Å². The summed E-state index contributed by atoms with van der Waals surface area (Å²) < 4.78 is 12.6. The quantitative estimate of drug-likeness (QED) is 0.617. The number of ether oxygens (including phenoxy) is 2. The number of anilines is 2. The Kier molecular flexibility index (Phi) is 4.77. The van der Waals surface area contributed by atoms with Crippen molar-refractivity contribution in [3.63, 3.8) is 0 Å². The van der Waals surface area contributed by atoms with E-state index in [2.05, 4.69) is 18.2 Å². The molecule has 0 radical (unpaired) electrons. The van der Waals surface area contributed by atoms with E-state index in [1.807, 2.05) is 78.9 Å². The molecule has 4 heteroatoms. The summed E-state index contributed by atoms with van der Waals surface area (Å²) in [5.41, 5.74) is 13.4. The highest BCUT2D eigenvalue weighted by atomic mass is 16.5. The lowest BCUT2D eigenvalue weighted by molar-refractivity contribution is 0.105. The number of nitrogens with two attached hydrogens (primary N) is 2. The van der Waals surface area contributed by atoms with E-state index in [-0.39, 0.29) is 0 Å². The lowest BCUT2D eigenvalue weighted by atomic mass is 9.86. The fourth-order valence-corrected chi connectivity index (χ4v) is 3.24. The molecule has 1 unspecified atom stereocenters. The van der Waals surface area contributed by atoms with Crippen LogP contribution >= 0.6 is 0 Å². The largest absolute Gasteiger partial charge is 0.478 e. The number of hydrogen-bond donors (Lipinski definition) is 2. The van der Waals surface area contributed by atoms with Crippen LogP contribution in [-0.4, -0.2) is 0 Å². The number of hydrogen-bond acceptors (Lipinski definition) is 4. The fourth-order valence-electron chi connectivity index (χ4n) is 3.24. The first-order valence-electron chi connectivity index (χ1n) is 9.15. The zero-order valence-electron chi connectivity index (χ0n) is 15.4. The van der Waals surface area contributed by atoms with Crippen LogP contribution in [0.4, 0.5) is 11.4 Å². The Hall–Kier alpha value is -3.66. The zero-order valence-corrected chi connectivity index (χ0v) is 15.4. The molecule has 3 aromatic rings. The Morgan fingerprint density at radius 2 is 1.32 bits per heavy atom. The topological polar surface area (TPSA) is 70.5 Å². The number of nitrogen functional groups attached to an aromatic ring is 2. The van der Waals surface area contributed by atoms with Crippen molar-refractivity contribution in [1.29, 1.82) is 0 Å². The minimum atomic E-state index is -0.671. The Labute approximate surface area is 164 Å². The summed E-state index contributed by atoms with van der Waals surface area (Å²) in [5, 5.41) is 0. The fraction of sp³-hybridized carbons (Fsp3) is 0.0833. The molecular formula is C24H22N2O2. The molecule has 0 aromatic heterocycles. The highest BCUT2D eigenvalue weighted by molar-refractivity contribution is 5.45. The lowest BCUT2D eigenvalue weighted by Gasteiger charge is -2.34. The van der Waals surface area contributed by atoms with Gasteiger partial charge in [-0.25, -0.2) is 0 Å². The van der Waals surface area contributed by atoms with E-state index in [0.717, 1.165) is 22.8 Å². The van der Waals surface area contributed by atoms with E-state index in [9.17, 15) is 0 Å². The molecule has 0 heterocycles. The minimum absolute atomic E-state index is 0.558. The first kappa shape index (κ1) is 17.7. The van der Waals surface area contributed by atoms with E-state index in [0.29, 0.717) is 17.8 Å². The predicted octanol–water partition coefficient (Wildman–Crippen LogP) is 5.05. The van der Waals surface area contributed by atoms with Gasteiger partial charge in [0.05, 0.1) is 6.42 Å². The summed E-state index contributed by atoms with van der Waals surface area (Å²) >= 11 is 0. The van der Waals surface area contributed by atoms with Gasteiger partial charge in [0.15, 0.2) is 5.60 Å². The molecule has 0 amide bonds. The van der Waals surface area contributed by atoms with Gasteiger partial charge in [0.1, 0.15) is 17.3 Å². The zero-order chi connectivity index (χ0) is 19.4. The third-order valence-corrected chi connectivity index (χ3v) is 4.66. The molecule has 4 rings (SSSR count).